The van der Waals surface area contributed by atoms with Crippen molar-refractivity contribution in [3.63, 3.8) is 0 Å². The maximum atomic E-state index is 9.86. The molecule has 0 aliphatic rings. The minimum absolute atomic E-state index is 0.116. The van der Waals surface area contributed by atoms with Crippen molar-refractivity contribution >= 4 is 67.3 Å². The number of nitrogens with one attached hydrogen (secondary N) is 2. The van der Waals surface area contributed by atoms with Gasteiger partial charge in [-0.15, -0.1) is 0 Å². The lowest BCUT2D eigenvalue weighted by molar-refractivity contribution is 0.468. The maximum Gasteiger partial charge on any atom is 0.257 e. The van der Waals surface area contributed by atoms with E-state index in [0.717, 1.165) is 22.6 Å². The van der Waals surface area contributed by atoms with Crippen LogP contribution >= 0.6 is 43.5 Å². The van der Waals surface area contributed by atoms with Crippen molar-refractivity contribution in [2.24, 2.45) is 5.10 Å². The molecule has 0 aliphatic heterocycles. The average Bonchev–Trinajstić information content (AvgIpc) is 3.11. The predicted molar refractivity (Wildman–Crippen MR) is 136 cm³/mol. The SMILES string of the molecule is Cc1cc(C)n(-c2nc(N/N=C/c3cc(Br)c(O)c(Br)c3)nc(Nc3ccc(Cl)cc3)n2)n1. The van der Waals surface area contributed by atoms with Crippen LogP contribution in [0.1, 0.15) is 17.0 Å². The van der Waals surface area contributed by atoms with E-state index in [1.165, 1.54) is 0 Å². The summed E-state index contributed by atoms with van der Waals surface area (Å²) in [5.41, 5.74) is 6.06. The van der Waals surface area contributed by atoms with Gasteiger partial charge in [-0.1, -0.05) is 11.6 Å². The topological polar surface area (TPSA) is 113 Å². The Morgan fingerprint density at radius 1 is 1.00 bits per heavy atom. The first-order valence-corrected chi connectivity index (χ1v) is 11.5. The fourth-order valence-electron chi connectivity index (χ4n) is 2.88. The zero-order valence-corrected chi connectivity index (χ0v) is 21.3. The number of phenolic OH excluding ortho intramolecular Hbond substituents is 1. The molecule has 0 spiro atoms. The summed E-state index contributed by atoms with van der Waals surface area (Å²) in [6.07, 6.45) is 1.58. The number of rotatable bonds is 6. The molecule has 9 nitrogen and oxygen atoms in total. The van der Waals surface area contributed by atoms with Gasteiger partial charge in [0.1, 0.15) is 5.75 Å². The lowest BCUT2D eigenvalue weighted by Gasteiger charge is -2.09. The summed E-state index contributed by atoms with van der Waals surface area (Å²) < 4.78 is 2.71. The quantitative estimate of drug-likeness (QED) is 0.193. The second kappa shape index (κ2) is 9.86. The number of hydrogen-bond acceptors (Lipinski definition) is 8. The second-order valence-corrected chi connectivity index (χ2v) is 9.10. The van der Waals surface area contributed by atoms with E-state index in [4.69, 9.17) is 11.6 Å². The van der Waals surface area contributed by atoms with Crippen molar-refractivity contribution in [3.8, 4) is 11.7 Å². The van der Waals surface area contributed by atoms with Gasteiger partial charge in [0.25, 0.3) is 5.95 Å². The summed E-state index contributed by atoms with van der Waals surface area (Å²) in [6.45, 7) is 3.82. The fraction of sp³-hybridized carbons (Fsp3) is 0.0952. The van der Waals surface area contributed by atoms with Gasteiger partial charge >= 0.3 is 0 Å². The molecule has 0 radical (unpaired) electrons. The number of benzene rings is 2. The van der Waals surface area contributed by atoms with Gasteiger partial charge in [-0.25, -0.2) is 10.1 Å². The van der Waals surface area contributed by atoms with Crippen LogP contribution in [0.25, 0.3) is 5.95 Å². The molecule has 12 heteroatoms. The van der Waals surface area contributed by atoms with E-state index < -0.39 is 0 Å². The van der Waals surface area contributed by atoms with Crippen LogP contribution in [0.4, 0.5) is 17.6 Å². The molecule has 2 aromatic heterocycles. The molecule has 2 aromatic carbocycles. The van der Waals surface area contributed by atoms with E-state index in [1.807, 2.05) is 32.0 Å². The maximum absolute atomic E-state index is 9.86. The van der Waals surface area contributed by atoms with Crippen LogP contribution in [0, 0.1) is 13.8 Å². The monoisotopic (exact) mass is 590 g/mol. The molecule has 0 unspecified atom stereocenters. The van der Waals surface area contributed by atoms with Crippen molar-refractivity contribution in [3.05, 3.63) is 73.4 Å². The normalized spacial score (nSPS) is 11.2. The molecule has 0 saturated heterocycles. The summed E-state index contributed by atoms with van der Waals surface area (Å²) in [4.78, 5) is 13.3. The number of halogens is 3. The largest absolute Gasteiger partial charge is 0.506 e. The number of aromatic hydroxyl groups is 1. The summed E-state index contributed by atoms with van der Waals surface area (Å²) >= 11 is 12.6. The predicted octanol–water partition coefficient (Wildman–Crippen LogP) is 5.75. The highest BCUT2D eigenvalue weighted by atomic mass is 79.9. The minimum atomic E-state index is 0.116. The Hall–Kier alpha value is -3.02. The molecule has 33 heavy (non-hydrogen) atoms. The molecule has 0 saturated carbocycles. The Bertz CT molecular complexity index is 1320. The lowest BCUT2D eigenvalue weighted by Crippen LogP contribution is -2.11. The van der Waals surface area contributed by atoms with Crippen molar-refractivity contribution in [1.29, 1.82) is 0 Å². The number of hydrazone groups is 1. The molecule has 0 aliphatic carbocycles. The molecule has 168 valence electrons. The highest BCUT2D eigenvalue weighted by Gasteiger charge is 2.12. The summed E-state index contributed by atoms with van der Waals surface area (Å²) in [5, 5.41) is 22.3. The molecule has 4 rings (SSSR count). The van der Waals surface area contributed by atoms with E-state index in [-0.39, 0.29) is 11.7 Å². The third-order valence-corrected chi connectivity index (χ3v) is 5.80. The number of anilines is 3. The zero-order valence-electron chi connectivity index (χ0n) is 17.4. The van der Waals surface area contributed by atoms with Gasteiger partial charge in [0, 0.05) is 16.4 Å². The van der Waals surface area contributed by atoms with Crippen molar-refractivity contribution < 1.29 is 5.11 Å². The first-order chi connectivity index (χ1) is 15.8. The van der Waals surface area contributed by atoms with Crippen LogP contribution in [0.2, 0.25) is 5.02 Å². The van der Waals surface area contributed by atoms with Crippen LogP contribution in [0.15, 0.2) is 56.5 Å². The molecule has 0 fully saturated rings. The van der Waals surface area contributed by atoms with Gasteiger partial charge < -0.3 is 10.4 Å². The Balaban J connectivity index is 1.65. The second-order valence-electron chi connectivity index (χ2n) is 6.96. The molecular formula is C21H17Br2ClN8O. The van der Waals surface area contributed by atoms with Gasteiger partial charge in [-0.05, 0) is 93.7 Å². The third kappa shape index (κ3) is 5.67. The molecule has 3 N–H and O–H groups in total. The molecule has 0 bridgehead atoms. The standard InChI is InChI=1S/C21H17Br2ClN8O/c1-11-7-12(2)32(31-11)21-28-19(26-15-5-3-14(24)4-6-15)27-20(29-21)30-25-10-13-8-16(22)18(33)17(23)9-13/h3-10,33H,1-2H3,(H2,26,27,28,29,30)/b25-10+. The fourth-order valence-corrected chi connectivity index (χ4v) is 4.23. The smallest absolute Gasteiger partial charge is 0.257 e. The highest BCUT2D eigenvalue weighted by Crippen LogP contribution is 2.32. The average molecular weight is 593 g/mol. The Kier molecular flexibility index (Phi) is 6.91. The van der Waals surface area contributed by atoms with Crippen LogP contribution in [-0.2, 0) is 0 Å². The molecule has 4 aromatic rings. The van der Waals surface area contributed by atoms with Gasteiger partial charge in [-0.2, -0.15) is 25.2 Å². The molecule has 2 heterocycles. The van der Waals surface area contributed by atoms with Crippen molar-refractivity contribution in [2.45, 2.75) is 13.8 Å². The summed E-state index contributed by atoms with van der Waals surface area (Å²) in [5.74, 6) is 0.977. The van der Waals surface area contributed by atoms with Crippen LogP contribution in [-0.4, -0.2) is 36.1 Å². The lowest BCUT2D eigenvalue weighted by atomic mass is 10.2. The number of aromatic nitrogens is 5. The van der Waals surface area contributed by atoms with Gasteiger partial charge in [0.15, 0.2) is 0 Å². The van der Waals surface area contributed by atoms with Crippen LogP contribution in [0.3, 0.4) is 0 Å². The number of nitrogens with zero attached hydrogens (tertiary/aromatic N) is 6. The summed E-state index contributed by atoms with van der Waals surface area (Å²) in [6, 6.07) is 12.6. The number of hydrogen-bond donors (Lipinski definition) is 3. The Morgan fingerprint density at radius 2 is 1.67 bits per heavy atom. The van der Waals surface area contributed by atoms with E-state index in [2.05, 4.69) is 67.8 Å². The molecular weight excluding hydrogens is 576 g/mol. The third-order valence-electron chi connectivity index (χ3n) is 4.34. The van der Waals surface area contributed by atoms with E-state index in [9.17, 15) is 5.11 Å². The van der Waals surface area contributed by atoms with Crippen molar-refractivity contribution in [2.75, 3.05) is 10.7 Å². The van der Waals surface area contributed by atoms with Gasteiger partial charge in [-0.3, -0.25) is 0 Å². The van der Waals surface area contributed by atoms with E-state index >= 15 is 0 Å². The van der Waals surface area contributed by atoms with Crippen molar-refractivity contribution in [1.82, 2.24) is 24.7 Å². The number of aryl methyl sites for hydroxylation is 2. The van der Waals surface area contributed by atoms with Crippen LogP contribution in [0.5, 0.6) is 5.75 Å². The Labute approximate surface area is 211 Å². The van der Waals surface area contributed by atoms with E-state index in [1.54, 1.807) is 35.2 Å². The first kappa shape index (κ1) is 23.1. The molecule has 0 amide bonds. The summed E-state index contributed by atoms with van der Waals surface area (Å²) in [7, 11) is 0. The Morgan fingerprint density at radius 3 is 2.30 bits per heavy atom. The van der Waals surface area contributed by atoms with Gasteiger partial charge in [0.2, 0.25) is 11.9 Å². The zero-order chi connectivity index (χ0) is 23.5. The number of phenols is 1. The first-order valence-electron chi connectivity index (χ1n) is 9.58. The van der Waals surface area contributed by atoms with Crippen LogP contribution < -0.4 is 10.7 Å². The van der Waals surface area contributed by atoms with E-state index in [0.29, 0.717) is 25.9 Å². The van der Waals surface area contributed by atoms with Gasteiger partial charge in [0.05, 0.1) is 20.9 Å². The minimum Gasteiger partial charge on any atom is -0.506 e. The molecule has 0 atom stereocenters. The highest BCUT2D eigenvalue weighted by molar-refractivity contribution is 9.11.